The topological polar surface area (TPSA) is 127 Å². The van der Waals surface area contributed by atoms with Gasteiger partial charge in [-0.1, -0.05) is 24.3 Å². The molecule has 1 fully saturated rings. The first kappa shape index (κ1) is 24.3. The van der Waals surface area contributed by atoms with Gasteiger partial charge in [-0.05, 0) is 37.1 Å². The fourth-order valence-electron chi connectivity index (χ4n) is 3.75. The Balaban J connectivity index is 1.64. The third-order valence-electron chi connectivity index (χ3n) is 5.55. The van der Waals surface area contributed by atoms with Gasteiger partial charge in [-0.25, -0.2) is 0 Å². The Morgan fingerprint density at radius 3 is 1.53 bits per heavy atom. The molecule has 0 bridgehead atoms. The lowest BCUT2D eigenvalue weighted by atomic mass is 10.1. The summed E-state index contributed by atoms with van der Waals surface area (Å²) in [5, 5.41) is 21.8. The van der Waals surface area contributed by atoms with E-state index in [0.29, 0.717) is 24.2 Å². The van der Waals surface area contributed by atoms with Gasteiger partial charge >= 0.3 is 0 Å². The van der Waals surface area contributed by atoms with E-state index in [1.807, 2.05) is 13.8 Å². The average Bonchev–Trinajstić information content (AvgIpc) is 2.82. The van der Waals surface area contributed by atoms with Crippen LogP contribution in [-0.4, -0.2) is 56.6 Å². The Morgan fingerprint density at radius 1 is 0.794 bits per heavy atom. The van der Waals surface area contributed by atoms with Crippen LogP contribution in [0.2, 0.25) is 0 Å². The molecule has 2 amide bonds. The molecule has 0 aliphatic carbocycles. The number of carbonyl (C=O) groups excluding carboxylic acids is 2. The largest absolute Gasteiger partial charge is 0.333 e. The molecule has 34 heavy (non-hydrogen) atoms. The highest BCUT2D eigenvalue weighted by molar-refractivity contribution is 5.94. The molecule has 0 N–H and O–H groups in total. The molecule has 1 aliphatic heterocycles. The second kappa shape index (κ2) is 10.5. The molecule has 1 saturated heterocycles. The van der Waals surface area contributed by atoms with Crippen LogP contribution in [0.1, 0.15) is 25.0 Å². The number of hydrogen-bond acceptors (Lipinski definition) is 6. The Labute approximate surface area is 196 Å². The van der Waals surface area contributed by atoms with Gasteiger partial charge in [-0.15, -0.1) is 0 Å². The Kier molecular flexibility index (Phi) is 7.52. The lowest BCUT2D eigenvalue weighted by Crippen LogP contribution is -2.59. The maximum Gasteiger partial charge on any atom is 0.270 e. The molecule has 0 radical (unpaired) electrons. The van der Waals surface area contributed by atoms with Crippen LogP contribution in [0, 0.1) is 20.2 Å². The maximum absolute atomic E-state index is 12.8. The van der Waals surface area contributed by atoms with E-state index >= 15 is 0 Å². The summed E-state index contributed by atoms with van der Waals surface area (Å²) in [4.78, 5) is 49.7. The third kappa shape index (κ3) is 5.91. The summed E-state index contributed by atoms with van der Waals surface area (Å²) in [5.41, 5.74) is 0.982. The van der Waals surface area contributed by atoms with Crippen molar-refractivity contribution in [2.24, 2.45) is 0 Å². The number of nitrogens with zero attached hydrogens (tertiary/aromatic N) is 4. The number of non-ortho nitro benzene ring substituents is 2. The zero-order chi connectivity index (χ0) is 24.8. The van der Waals surface area contributed by atoms with Gasteiger partial charge in [0.2, 0.25) is 11.8 Å². The first-order valence-corrected chi connectivity index (χ1v) is 10.6. The van der Waals surface area contributed by atoms with E-state index < -0.39 is 9.85 Å². The van der Waals surface area contributed by atoms with Crippen molar-refractivity contribution in [3.05, 3.63) is 92.0 Å². The summed E-state index contributed by atoms with van der Waals surface area (Å²) in [6.07, 6.45) is 5.82. The predicted octanol–water partition coefficient (Wildman–Crippen LogP) is 3.68. The molecule has 0 unspecified atom stereocenters. The first-order valence-electron chi connectivity index (χ1n) is 10.6. The highest BCUT2D eigenvalue weighted by atomic mass is 16.6. The Hall–Kier alpha value is -4.34. The van der Waals surface area contributed by atoms with Crippen LogP contribution in [0.15, 0.2) is 60.7 Å². The molecule has 10 nitrogen and oxygen atoms in total. The van der Waals surface area contributed by atoms with E-state index in [1.54, 1.807) is 34.1 Å². The SMILES string of the molecule is C[C@@H]1CN(C(=O)/C=C/c2cccc([N+](=O)[O-])c2)[C@H](C)CN1C(=O)/C=C/c1cccc([N+](=O)[O-])c1. The molecule has 2 aromatic carbocycles. The standard InChI is InChI=1S/C24H24N4O6/c1-17-15-26(24(30)12-10-20-6-4-8-22(14-20)28(33)34)18(2)16-25(17)23(29)11-9-19-5-3-7-21(13-19)27(31)32/h3-14,17-18H,15-16H2,1-2H3/b11-9+,12-10+/t17-,18-/m1/s1. The number of amides is 2. The van der Waals surface area contributed by atoms with Gasteiger partial charge in [0.05, 0.1) is 9.85 Å². The van der Waals surface area contributed by atoms with Crippen molar-refractivity contribution in [2.45, 2.75) is 25.9 Å². The van der Waals surface area contributed by atoms with Crippen molar-refractivity contribution in [2.75, 3.05) is 13.1 Å². The zero-order valence-corrected chi connectivity index (χ0v) is 18.7. The summed E-state index contributed by atoms with van der Waals surface area (Å²) in [6.45, 7) is 4.34. The molecular formula is C24H24N4O6. The molecule has 0 aromatic heterocycles. The number of piperazine rings is 1. The number of benzene rings is 2. The minimum atomic E-state index is -0.493. The van der Waals surface area contributed by atoms with Gasteiger partial charge in [0.1, 0.15) is 0 Å². The summed E-state index contributed by atoms with van der Waals surface area (Å²) in [5.74, 6) is -0.491. The van der Waals surface area contributed by atoms with Gasteiger partial charge in [-0.3, -0.25) is 29.8 Å². The molecule has 2 atom stereocenters. The molecule has 1 heterocycles. The molecule has 0 spiro atoms. The maximum atomic E-state index is 12.8. The highest BCUT2D eigenvalue weighted by Crippen LogP contribution is 2.19. The van der Waals surface area contributed by atoms with Gasteiger partial charge in [0.15, 0.2) is 0 Å². The average molecular weight is 464 g/mol. The monoisotopic (exact) mass is 464 g/mol. The van der Waals surface area contributed by atoms with Gasteiger partial charge in [-0.2, -0.15) is 0 Å². The van der Waals surface area contributed by atoms with Crippen molar-refractivity contribution >= 4 is 35.3 Å². The number of nitro groups is 2. The lowest BCUT2D eigenvalue weighted by Gasteiger charge is -2.43. The lowest BCUT2D eigenvalue weighted by molar-refractivity contribution is -0.385. The van der Waals surface area contributed by atoms with Crippen molar-refractivity contribution in [3.63, 3.8) is 0 Å². The first-order chi connectivity index (χ1) is 16.2. The number of hydrogen-bond donors (Lipinski definition) is 0. The summed E-state index contributed by atoms with van der Waals surface area (Å²) < 4.78 is 0. The van der Waals surface area contributed by atoms with Gasteiger partial charge in [0.25, 0.3) is 11.4 Å². The van der Waals surface area contributed by atoms with E-state index in [4.69, 9.17) is 0 Å². The number of nitro benzene ring substituents is 2. The van der Waals surface area contributed by atoms with Crippen LogP contribution < -0.4 is 0 Å². The molecular weight excluding hydrogens is 440 g/mol. The smallest absolute Gasteiger partial charge is 0.270 e. The van der Waals surface area contributed by atoms with Crippen molar-refractivity contribution < 1.29 is 19.4 Å². The van der Waals surface area contributed by atoms with E-state index in [0.717, 1.165) is 0 Å². The summed E-state index contributed by atoms with van der Waals surface area (Å²) in [7, 11) is 0. The highest BCUT2D eigenvalue weighted by Gasteiger charge is 2.32. The Morgan fingerprint density at radius 2 is 1.18 bits per heavy atom. The zero-order valence-electron chi connectivity index (χ0n) is 18.7. The van der Waals surface area contributed by atoms with E-state index in [2.05, 4.69) is 0 Å². The van der Waals surface area contributed by atoms with E-state index in [-0.39, 0.29) is 35.3 Å². The van der Waals surface area contributed by atoms with E-state index in [1.165, 1.54) is 48.6 Å². The number of carbonyl (C=O) groups is 2. The van der Waals surface area contributed by atoms with Crippen LogP contribution in [0.4, 0.5) is 11.4 Å². The van der Waals surface area contributed by atoms with Gasteiger partial charge in [0, 0.05) is 61.6 Å². The van der Waals surface area contributed by atoms with Crippen LogP contribution in [0.25, 0.3) is 12.2 Å². The minimum absolute atomic E-state index is 0.0538. The quantitative estimate of drug-likeness (QED) is 0.365. The fraction of sp³-hybridized carbons (Fsp3) is 0.250. The van der Waals surface area contributed by atoms with Crippen LogP contribution in [0.3, 0.4) is 0 Å². The third-order valence-corrected chi connectivity index (χ3v) is 5.55. The van der Waals surface area contributed by atoms with Crippen LogP contribution >= 0.6 is 0 Å². The van der Waals surface area contributed by atoms with E-state index in [9.17, 15) is 29.8 Å². The van der Waals surface area contributed by atoms with Gasteiger partial charge < -0.3 is 9.80 Å². The van der Waals surface area contributed by atoms with Crippen LogP contribution in [0.5, 0.6) is 0 Å². The summed E-state index contributed by atoms with van der Waals surface area (Å²) in [6, 6.07) is 11.5. The van der Waals surface area contributed by atoms with Crippen molar-refractivity contribution in [1.82, 2.24) is 9.80 Å². The normalized spacial score (nSPS) is 18.4. The number of rotatable bonds is 6. The molecule has 3 rings (SSSR count). The second-order valence-corrected chi connectivity index (χ2v) is 8.05. The fourth-order valence-corrected chi connectivity index (χ4v) is 3.75. The second-order valence-electron chi connectivity index (χ2n) is 8.05. The summed E-state index contributed by atoms with van der Waals surface area (Å²) >= 11 is 0. The molecule has 0 saturated carbocycles. The molecule has 176 valence electrons. The Bertz CT molecular complexity index is 1080. The minimum Gasteiger partial charge on any atom is -0.333 e. The molecule has 2 aromatic rings. The van der Waals surface area contributed by atoms with Crippen molar-refractivity contribution in [1.29, 1.82) is 0 Å². The predicted molar refractivity (Wildman–Crippen MR) is 127 cm³/mol. The molecule has 10 heteroatoms. The van der Waals surface area contributed by atoms with Crippen LogP contribution in [-0.2, 0) is 9.59 Å². The molecule has 1 aliphatic rings. The van der Waals surface area contributed by atoms with Crippen molar-refractivity contribution in [3.8, 4) is 0 Å².